The quantitative estimate of drug-likeness (QED) is 0.181. The summed E-state index contributed by atoms with van der Waals surface area (Å²) in [4.78, 5) is 0. The Kier molecular flexibility index (Phi) is 6.75. The molecule has 0 saturated carbocycles. The third-order valence-electron chi connectivity index (χ3n) is 13.8. The molecule has 0 bridgehead atoms. The molecule has 3 nitrogen and oxygen atoms in total. The van der Waals surface area contributed by atoms with Gasteiger partial charge in [0.25, 0.3) is 0 Å². The van der Waals surface area contributed by atoms with E-state index in [2.05, 4.69) is 190 Å². The molecule has 0 radical (unpaired) electrons. The summed E-state index contributed by atoms with van der Waals surface area (Å²) in [7, 11) is 0.793. The summed E-state index contributed by atoms with van der Waals surface area (Å²) in [6, 6.07) is 54.7. The van der Waals surface area contributed by atoms with E-state index in [1.165, 1.54) is 97.5 Å². The lowest BCUT2D eigenvalue weighted by atomic mass is 9.59. The minimum atomic E-state index is -0.0956. The van der Waals surface area contributed by atoms with Gasteiger partial charge in [-0.1, -0.05) is 125 Å². The van der Waals surface area contributed by atoms with Gasteiger partial charge in [0.2, 0.25) is 0 Å². The van der Waals surface area contributed by atoms with Gasteiger partial charge in [0.1, 0.15) is 11.2 Å². The van der Waals surface area contributed by atoms with Crippen LogP contribution in [-0.4, -0.2) is 11.8 Å². The second-order valence-corrected chi connectivity index (χ2v) is 19.7. The normalized spacial score (nSPS) is 14.0. The van der Waals surface area contributed by atoms with E-state index in [4.69, 9.17) is 4.42 Å². The van der Waals surface area contributed by atoms with Gasteiger partial charge in [0.15, 0.2) is 7.28 Å². The van der Waals surface area contributed by atoms with Gasteiger partial charge in [0.05, 0.1) is 5.52 Å². The van der Waals surface area contributed by atoms with Crippen LogP contribution in [0.5, 0.6) is 0 Å². The van der Waals surface area contributed by atoms with Crippen molar-refractivity contribution in [1.29, 1.82) is 0 Å². The molecule has 3 aromatic heterocycles. The first-order valence-corrected chi connectivity index (χ1v) is 21.9. The van der Waals surface area contributed by atoms with Crippen molar-refractivity contribution in [3.8, 4) is 27.9 Å². The molecule has 1 N–H and O–H groups in total. The van der Waals surface area contributed by atoms with Crippen molar-refractivity contribution in [3.63, 3.8) is 0 Å². The molecule has 286 valence electrons. The number of fused-ring (bicyclic) bond motifs is 14. The summed E-state index contributed by atoms with van der Waals surface area (Å²) in [5, 5.41) is 11.5. The lowest BCUT2D eigenvalue weighted by Crippen LogP contribution is -2.37. The second-order valence-electron chi connectivity index (χ2n) is 18.6. The number of hydrogen-bond donors (Lipinski definition) is 1. The average Bonchev–Trinajstić information content (AvgIpc) is 3.96. The van der Waals surface area contributed by atoms with Gasteiger partial charge in [-0.15, -0.1) is 11.3 Å². The first-order chi connectivity index (χ1) is 29.1. The summed E-state index contributed by atoms with van der Waals surface area (Å²) in [5.74, 6) is 0. The number of para-hydroxylation sites is 1. The van der Waals surface area contributed by atoms with Crippen LogP contribution in [0.25, 0.3) is 91.9 Å². The first-order valence-electron chi connectivity index (χ1n) is 21.1. The summed E-state index contributed by atoms with van der Waals surface area (Å²) in [6.07, 6.45) is 0. The predicted molar refractivity (Wildman–Crippen MR) is 259 cm³/mol. The van der Waals surface area contributed by atoms with E-state index >= 15 is 0 Å². The summed E-state index contributed by atoms with van der Waals surface area (Å²) < 4.78 is 11.7. The monoisotopic (exact) mass is 788 g/mol. The van der Waals surface area contributed by atoms with Crippen LogP contribution in [0.15, 0.2) is 150 Å². The van der Waals surface area contributed by atoms with Gasteiger partial charge in [-0.3, -0.25) is 0 Å². The molecule has 0 unspecified atom stereocenters. The Hall–Kier alpha value is -6.56. The third-order valence-corrected chi connectivity index (χ3v) is 14.9. The van der Waals surface area contributed by atoms with Crippen LogP contribution in [-0.2, 0) is 10.8 Å². The molecule has 0 saturated heterocycles. The minimum Gasteiger partial charge on any atom is -0.456 e. The topological polar surface area (TPSA) is 30.1 Å². The van der Waals surface area contributed by atoms with E-state index in [9.17, 15) is 0 Å². The molecule has 0 spiro atoms. The Morgan fingerprint density at radius 2 is 1.37 bits per heavy atom. The Balaban J connectivity index is 1.12. The smallest absolute Gasteiger partial charge is 0.198 e. The van der Waals surface area contributed by atoms with Crippen LogP contribution in [0.2, 0.25) is 0 Å². The number of anilines is 2. The number of nitrogens with one attached hydrogen (secondary N) is 1. The largest absolute Gasteiger partial charge is 0.456 e. The highest BCUT2D eigenvalue weighted by Crippen LogP contribution is 2.51. The minimum absolute atomic E-state index is 0.0831. The van der Waals surface area contributed by atoms with Gasteiger partial charge >= 0.3 is 0 Å². The van der Waals surface area contributed by atoms with Crippen LogP contribution >= 0.6 is 11.3 Å². The Labute approximate surface area is 353 Å². The SMILES string of the molecule is CC(C)(C)c1ccc(Nc2cc3sc4ccccc4c3cc2-c2ccc3c4cc5c(cc4n4c3c2Bc2cc3oc6ccccc6c3cc2-4)-c2ccccc2C5(C)C)cc1. The summed E-state index contributed by atoms with van der Waals surface area (Å²) in [5.41, 5.74) is 19.7. The van der Waals surface area contributed by atoms with E-state index in [0.717, 1.165) is 40.6 Å². The molecule has 1 aliphatic heterocycles. The number of furan rings is 1. The number of benzene rings is 8. The molecule has 1 aliphatic carbocycles. The van der Waals surface area contributed by atoms with E-state index in [-0.39, 0.29) is 10.8 Å². The van der Waals surface area contributed by atoms with Crippen LogP contribution in [0.1, 0.15) is 51.3 Å². The molecular formula is C55H41BN2OS. The Morgan fingerprint density at radius 1 is 0.583 bits per heavy atom. The molecule has 2 aliphatic rings. The molecule has 4 heterocycles. The van der Waals surface area contributed by atoms with Crippen molar-refractivity contribution in [2.24, 2.45) is 0 Å². The predicted octanol–water partition coefficient (Wildman–Crippen LogP) is 13.8. The van der Waals surface area contributed by atoms with E-state index < -0.39 is 0 Å². The van der Waals surface area contributed by atoms with E-state index in [1.807, 2.05) is 11.3 Å². The highest BCUT2D eigenvalue weighted by atomic mass is 32.1. The number of hydrogen-bond acceptors (Lipinski definition) is 3. The van der Waals surface area contributed by atoms with E-state index in [1.54, 1.807) is 0 Å². The maximum Gasteiger partial charge on any atom is 0.198 e. The Morgan fingerprint density at radius 3 is 2.22 bits per heavy atom. The fourth-order valence-corrected chi connectivity index (χ4v) is 11.8. The first kappa shape index (κ1) is 34.3. The zero-order valence-corrected chi connectivity index (χ0v) is 35.1. The van der Waals surface area contributed by atoms with Crippen molar-refractivity contribution in [3.05, 3.63) is 162 Å². The highest BCUT2D eigenvalue weighted by Gasteiger charge is 2.37. The highest BCUT2D eigenvalue weighted by molar-refractivity contribution is 7.25. The van der Waals surface area contributed by atoms with Crippen LogP contribution in [0.4, 0.5) is 11.4 Å². The molecule has 60 heavy (non-hydrogen) atoms. The number of aromatic nitrogens is 1. The molecule has 0 amide bonds. The number of thiophene rings is 1. The molecule has 8 aromatic carbocycles. The van der Waals surface area contributed by atoms with Crippen LogP contribution in [0, 0.1) is 0 Å². The fraction of sp³-hybridized carbons (Fsp3) is 0.127. The van der Waals surface area contributed by atoms with Gasteiger partial charge in [0, 0.05) is 75.3 Å². The van der Waals surface area contributed by atoms with Crippen molar-refractivity contribution < 1.29 is 4.42 Å². The van der Waals surface area contributed by atoms with E-state index in [0.29, 0.717) is 0 Å². The fourth-order valence-electron chi connectivity index (χ4n) is 10.7. The number of nitrogens with zero attached hydrogens (tertiary/aromatic N) is 1. The molecule has 0 fully saturated rings. The third kappa shape index (κ3) is 4.67. The van der Waals surface area contributed by atoms with Gasteiger partial charge in [-0.05, 0) is 105 Å². The van der Waals surface area contributed by atoms with Crippen LogP contribution < -0.4 is 16.2 Å². The zero-order chi connectivity index (χ0) is 40.2. The van der Waals surface area contributed by atoms with Crippen molar-refractivity contribution >= 4 is 105 Å². The maximum absolute atomic E-state index is 6.56. The van der Waals surface area contributed by atoms with Gasteiger partial charge in [-0.2, -0.15) is 0 Å². The van der Waals surface area contributed by atoms with Gasteiger partial charge < -0.3 is 14.3 Å². The lowest BCUT2D eigenvalue weighted by molar-refractivity contribution is 0.590. The molecule has 11 aromatic rings. The molecule has 5 heteroatoms. The summed E-state index contributed by atoms with van der Waals surface area (Å²) in [6.45, 7) is 11.6. The van der Waals surface area contributed by atoms with Crippen molar-refractivity contribution in [2.45, 2.75) is 45.4 Å². The molecule has 0 atom stereocenters. The zero-order valence-electron chi connectivity index (χ0n) is 34.3. The van der Waals surface area contributed by atoms with Crippen molar-refractivity contribution in [2.75, 3.05) is 5.32 Å². The van der Waals surface area contributed by atoms with Crippen molar-refractivity contribution in [1.82, 2.24) is 4.57 Å². The average molecular weight is 789 g/mol. The summed E-state index contributed by atoms with van der Waals surface area (Å²) >= 11 is 1.87. The molecule has 13 rings (SSSR count). The van der Waals surface area contributed by atoms with Crippen LogP contribution in [0.3, 0.4) is 0 Å². The standard InChI is InChI=1S/C55H41BN2OS/c1-54(2,3)30-18-20-31(21-19-30)57-45-29-51-41(34-14-8-11-17-50(34)60-51)24-38(45)35-22-23-36-39-25-43-37(32-12-6-9-15-42(32)55(43,4)5)26-46(39)58-47-27-40-33-13-7-10-16-48(33)59-49(40)28-44(47)56-52(35)53(36)58/h6-29,56-57H,1-5H3. The Bertz CT molecular complexity index is 3670. The maximum atomic E-state index is 6.56. The lowest BCUT2D eigenvalue weighted by Gasteiger charge is -2.24. The molecular weight excluding hydrogens is 747 g/mol. The van der Waals surface area contributed by atoms with Gasteiger partial charge in [-0.25, -0.2) is 0 Å². The second kappa shape index (κ2) is 11.8. The number of rotatable bonds is 3.